The zero-order valence-corrected chi connectivity index (χ0v) is 13.5. The normalized spacial score (nSPS) is 22.7. The summed E-state index contributed by atoms with van der Waals surface area (Å²) >= 11 is 0. The molecule has 5 heteroatoms. The molecule has 0 aromatic carbocycles. The third-order valence-electron chi connectivity index (χ3n) is 5.40. The zero-order valence-electron chi connectivity index (χ0n) is 13.5. The van der Waals surface area contributed by atoms with Crippen LogP contribution in [0.15, 0.2) is 0 Å². The van der Waals surface area contributed by atoms with Gasteiger partial charge in [-0.15, -0.1) is 0 Å². The highest BCUT2D eigenvalue weighted by Gasteiger charge is 2.64. The number of aliphatic carboxylic acids is 1. The molecule has 2 amide bonds. The van der Waals surface area contributed by atoms with Crippen LogP contribution in [0.4, 0.5) is 4.79 Å². The van der Waals surface area contributed by atoms with E-state index in [0.717, 1.165) is 0 Å². The topological polar surface area (TPSA) is 78.4 Å². The predicted molar refractivity (Wildman–Crippen MR) is 78.5 cm³/mol. The van der Waals surface area contributed by atoms with Crippen LogP contribution in [-0.2, 0) is 4.79 Å². The Morgan fingerprint density at radius 3 is 2.05 bits per heavy atom. The van der Waals surface area contributed by atoms with E-state index in [0.29, 0.717) is 25.3 Å². The van der Waals surface area contributed by atoms with Gasteiger partial charge in [0, 0.05) is 6.54 Å². The van der Waals surface area contributed by atoms with E-state index in [1.54, 1.807) is 6.92 Å². The van der Waals surface area contributed by atoms with Gasteiger partial charge in [0.1, 0.15) is 5.54 Å². The first-order chi connectivity index (χ1) is 8.99. The Hall–Kier alpha value is -1.26. The molecular formula is C15H28N2O3. The van der Waals surface area contributed by atoms with Gasteiger partial charge in [-0.3, -0.25) is 0 Å². The third-order valence-corrected chi connectivity index (χ3v) is 5.40. The second-order valence-electron chi connectivity index (χ2n) is 7.22. The quantitative estimate of drug-likeness (QED) is 0.701. The highest BCUT2D eigenvalue weighted by Crippen LogP contribution is 2.67. The van der Waals surface area contributed by atoms with Gasteiger partial charge in [-0.2, -0.15) is 0 Å². The highest BCUT2D eigenvalue weighted by molar-refractivity contribution is 5.85. The number of carbonyl (C=O) groups excluding carboxylic acids is 1. The third kappa shape index (κ3) is 2.91. The Balaban J connectivity index is 2.51. The van der Waals surface area contributed by atoms with Crippen molar-refractivity contribution in [2.24, 2.45) is 16.7 Å². The standard InChI is InChI=1S/C15H28N2O3/c1-7-8-15(6,11(18)19)17-12(20)16-9-10-13(2,3)14(10,4)5/h10H,7-9H2,1-6H3,(H,18,19)(H2,16,17,20). The van der Waals surface area contributed by atoms with E-state index in [4.69, 9.17) is 0 Å². The molecule has 116 valence electrons. The number of carboxylic acid groups (broad SMARTS) is 1. The Bertz CT molecular complexity index is 390. The number of amides is 2. The van der Waals surface area contributed by atoms with Gasteiger partial charge in [-0.25, -0.2) is 9.59 Å². The van der Waals surface area contributed by atoms with Gasteiger partial charge in [-0.1, -0.05) is 41.0 Å². The van der Waals surface area contributed by atoms with E-state index in [1.165, 1.54) is 0 Å². The van der Waals surface area contributed by atoms with Gasteiger partial charge in [0.05, 0.1) is 0 Å². The number of carboxylic acids is 1. The summed E-state index contributed by atoms with van der Waals surface area (Å²) in [5.41, 5.74) is -0.785. The summed E-state index contributed by atoms with van der Waals surface area (Å²) in [6.07, 6.45) is 1.11. The Morgan fingerprint density at radius 1 is 1.20 bits per heavy atom. The van der Waals surface area contributed by atoms with Crippen molar-refractivity contribution in [3.05, 3.63) is 0 Å². The van der Waals surface area contributed by atoms with Gasteiger partial charge in [0.15, 0.2) is 0 Å². The zero-order chi connectivity index (χ0) is 15.8. The lowest BCUT2D eigenvalue weighted by atomic mass is 9.97. The molecule has 1 atom stereocenters. The minimum atomic E-state index is -1.20. The molecule has 0 heterocycles. The van der Waals surface area contributed by atoms with Gasteiger partial charge >= 0.3 is 12.0 Å². The molecule has 0 aromatic rings. The van der Waals surface area contributed by atoms with Crippen molar-refractivity contribution < 1.29 is 14.7 Å². The summed E-state index contributed by atoms with van der Waals surface area (Å²) in [6, 6.07) is -0.401. The number of hydrogen-bond donors (Lipinski definition) is 3. The number of hydrogen-bond acceptors (Lipinski definition) is 2. The minimum absolute atomic E-state index is 0.208. The first-order valence-corrected chi connectivity index (χ1v) is 7.28. The number of urea groups is 1. The molecule has 1 saturated carbocycles. The maximum atomic E-state index is 11.9. The molecule has 0 radical (unpaired) electrons. The molecule has 1 aliphatic rings. The van der Waals surface area contributed by atoms with Crippen molar-refractivity contribution in [2.45, 2.75) is 59.9 Å². The smallest absolute Gasteiger partial charge is 0.329 e. The predicted octanol–water partition coefficient (Wildman–Crippen LogP) is 2.61. The lowest BCUT2D eigenvalue weighted by molar-refractivity contribution is -0.144. The van der Waals surface area contributed by atoms with E-state index in [2.05, 4.69) is 38.3 Å². The summed E-state index contributed by atoms with van der Waals surface area (Å²) in [5.74, 6) is -0.579. The molecular weight excluding hydrogens is 256 g/mol. The molecule has 5 nitrogen and oxygen atoms in total. The van der Waals surface area contributed by atoms with Crippen LogP contribution < -0.4 is 10.6 Å². The Kier molecular flexibility index (Phi) is 4.42. The lowest BCUT2D eigenvalue weighted by Crippen LogP contribution is -2.55. The van der Waals surface area contributed by atoms with Crippen LogP contribution in [0.3, 0.4) is 0 Å². The summed E-state index contributed by atoms with van der Waals surface area (Å²) in [6.45, 7) is 12.8. The van der Waals surface area contributed by atoms with Gasteiger partial charge in [-0.05, 0) is 30.1 Å². The average Bonchev–Trinajstić information content (AvgIpc) is 2.66. The van der Waals surface area contributed by atoms with Crippen LogP contribution >= 0.6 is 0 Å². The molecule has 0 saturated heterocycles. The second-order valence-corrected chi connectivity index (χ2v) is 7.22. The van der Waals surface area contributed by atoms with Crippen LogP contribution in [-0.4, -0.2) is 29.2 Å². The fourth-order valence-corrected chi connectivity index (χ4v) is 3.06. The van der Waals surface area contributed by atoms with Crippen molar-refractivity contribution in [3.63, 3.8) is 0 Å². The second kappa shape index (κ2) is 5.26. The minimum Gasteiger partial charge on any atom is -0.480 e. The number of carbonyl (C=O) groups is 2. The lowest BCUT2D eigenvalue weighted by Gasteiger charge is -2.26. The van der Waals surface area contributed by atoms with E-state index in [1.807, 2.05) is 6.92 Å². The monoisotopic (exact) mass is 284 g/mol. The summed E-state index contributed by atoms with van der Waals surface area (Å²) in [5, 5.41) is 14.6. The Morgan fingerprint density at radius 2 is 1.70 bits per heavy atom. The van der Waals surface area contributed by atoms with Crippen molar-refractivity contribution in [3.8, 4) is 0 Å². The molecule has 0 aliphatic heterocycles. The summed E-state index contributed by atoms with van der Waals surface area (Å²) in [4.78, 5) is 23.2. The van der Waals surface area contributed by atoms with Crippen LogP contribution in [0.1, 0.15) is 54.4 Å². The maximum Gasteiger partial charge on any atom is 0.329 e. The van der Waals surface area contributed by atoms with E-state index >= 15 is 0 Å². The fourth-order valence-electron chi connectivity index (χ4n) is 3.06. The largest absolute Gasteiger partial charge is 0.480 e. The SMILES string of the molecule is CCCC(C)(NC(=O)NCC1C(C)(C)C1(C)C)C(=O)O. The van der Waals surface area contributed by atoms with Crippen molar-refractivity contribution in [1.29, 1.82) is 0 Å². The average molecular weight is 284 g/mol. The van der Waals surface area contributed by atoms with Gasteiger partial charge in [0.25, 0.3) is 0 Å². The summed E-state index contributed by atoms with van der Waals surface area (Å²) in [7, 11) is 0. The molecule has 0 aromatic heterocycles. The van der Waals surface area contributed by atoms with E-state index in [9.17, 15) is 14.7 Å². The number of nitrogens with one attached hydrogen (secondary N) is 2. The van der Waals surface area contributed by atoms with Crippen LogP contribution in [0.5, 0.6) is 0 Å². The van der Waals surface area contributed by atoms with Crippen molar-refractivity contribution in [1.82, 2.24) is 10.6 Å². The number of rotatable bonds is 6. The van der Waals surface area contributed by atoms with Crippen LogP contribution in [0.25, 0.3) is 0 Å². The highest BCUT2D eigenvalue weighted by atomic mass is 16.4. The molecule has 20 heavy (non-hydrogen) atoms. The van der Waals surface area contributed by atoms with Gasteiger partial charge < -0.3 is 15.7 Å². The maximum absolute atomic E-state index is 11.9. The molecule has 1 rings (SSSR count). The Labute approximate surface area is 121 Å². The van der Waals surface area contributed by atoms with Crippen LogP contribution in [0.2, 0.25) is 0 Å². The van der Waals surface area contributed by atoms with E-state index < -0.39 is 17.5 Å². The molecule has 0 spiro atoms. The van der Waals surface area contributed by atoms with Crippen LogP contribution in [0, 0.1) is 16.7 Å². The molecule has 3 N–H and O–H groups in total. The fraction of sp³-hybridized carbons (Fsp3) is 0.867. The summed E-state index contributed by atoms with van der Waals surface area (Å²) < 4.78 is 0. The van der Waals surface area contributed by atoms with Crippen molar-refractivity contribution >= 4 is 12.0 Å². The van der Waals surface area contributed by atoms with E-state index in [-0.39, 0.29) is 10.8 Å². The molecule has 0 bridgehead atoms. The first-order valence-electron chi connectivity index (χ1n) is 7.28. The first kappa shape index (κ1) is 16.8. The molecule has 1 unspecified atom stereocenters. The molecule has 1 aliphatic carbocycles. The molecule has 1 fully saturated rings. The van der Waals surface area contributed by atoms with Crippen molar-refractivity contribution in [2.75, 3.05) is 6.54 Å². The van der Waals surface area contributed by atoms with Gasteiger partial charge in [0.2, 0.25) is 0 Å².